The maximum Gasteiger partial charge on any atom is 0.330 e. The van der Waals surface area contributed by atoms with Gasteiger partial charge in [-0.15, -0.1) is 0 Å². The lowest BCUT2D eigenvalue weighted by Gasteiger charge is -2.18. The van der Waals surface area contributed by atoms with E-state index >= 15 is 0 Å². The van der Waals surface area contributed by atoms with Gasteiger partial charge in [-0.2, -0.15) is 0 Å². The van der Waals surface area contributed by atoms with Crippen LogP contribution < -0.4 is 10.4 Å². The first kappa shape index (κ1) is 22.5. The van der Waals surface area contributed by atoms with E-state index in [1.807, 2.05) is 49.5 Å². The van der Waals surface area contributed by atoms with Crippen molar-refractivity contribution in [2.24, 2.45) is 7.05 Å². The third kappa shape index (κ3) is 3.89. The second-order valence-electron chi connectivity index (χ2n) is 8.85. The fraction of sp³-hybridized carbons (Fsp3) is 0.214. The third-order valence-electron chi connectivity index (χ3n) is 6.68. The van der Waals surface area contributed by atoms with Crippen LogP contribution in [0.25, 0.3) is 21.9 Å². The van der Waals surface area contributed by atoms with Gasteiger partial charge >= 0.3 is 11.7 Å². The molecule has 3 aromatic carbocycles. The predicted molar refractivity (Wildman–Crippen MR) is 136 cm³/mol. The second-order valence-corrected chi connectivity index (χ2v) is 8.85. The van der Waals surface area contributed by atoms with Crippen LogP contribution >= 0.6 is 0 Å². The van der Waals surface area contributed by atoms with E-state index in [2.05, 4.69) is 29.8 Å². The first-order chi connectivity index (χ1) is 16.9. The average Bonchev–Trinajstić information content (AvgIpc) is 3.32. The second kappa shape index (κ2) is 8.83. The van der Waals surface area contributed by atoms with Crippen molar-refractivity contribution in [1.29, 1.82) is 0 Å². The number of imidazole rings is 1. The Morgan fingerprint density at radius 2 is 1.66 bits per heavy atom. The van der Waals surface area contributed by atoms with Crippen molar-refractivity contribution in [2.75, 3.05) is 7.11 Å². The molecule has 0 radical (unpaired) electrons. The summed E-state index contributed by atoms with van der Waals surface area (Å²) in [6, 6.07) is 20.3. The Morgan fingerprint density at radius 3 is 2.34 bits per heavy atom. The summed E-state index contributed by atoms with van der Waals surface area (Å²) in [4.78, 5) is 25.8. The molecule has 1 atom stereocenters. The summed E-state index contributed by atoms with van der Waals surface area (Å²) in [5, 5.41) is 10.8. The Balaban J connectivity index is 1.70. The van der Waals surface area contributed by atoms with Crippen LogP contribution in [0, 0.1) is 6.92 Å². The number of aryl methyl sites for hydroxylation is 2. The highest BCUT2D eigenvalue weighted by molar-refractivity contribution is 5.87. The van der Waals surface area contributed by atoms with Crippen molar-refractivity contribution in [3.05, 3.63) is 100 Å². The monoisotopic (exact) mass is 469 g/mol. The molecule has 7 heteroatoms. The molecule has 0 amide bonds. The topological polar surface area (TPSA) is 78.4 Å². The Kier molecular flexibility index (Phi) is 5.68. The van der Waals surface area contributed by atoms with Gasteiger partial charge in [0, 0.05) is 24.1 Å². The van der Waals surface area contributed by atoms with Gasteiger partial charge in [0.15, 0.2) is 0 Å². The van der Waals surface area contributed by atoms with Gasteiger partial charge in [0.2, 0.25) is 0 Å². The Labute approximate surface area is 202 Å². The molecule has 0 aliphatic carbocycles. The van der Waals surface area contributed by atoms with E-state index in [0.717, 1.165) is 33.1 Å². The molecular weight excluding hydrogens is 442 g/mol. The molecule has 1 unspecified atom stereocenters. The van der Waals surface area contributed by atoms with Gasteiger partial charge in [-0.3, -0.25) is 13.9 Å². The highest BCUT2D eigenvalue weighted by Gasteiger charge is 2.25. The number of carboxylic acids is 1. The Hall–Kier alpha value is -4.26. The van der Waals surface area contributed by atoms with Gasteiger partial charge in [0.25, 0.3) is 0 Å². The zero-order chi connectivity index (χ0) is 24.7. The molecule has 0 saturated carbocycles. The largest absolute Gasteiger partial charge is 0.497 e. The van der Waals surface area contributed by atoms with Gasteiger partial charge in [-0.1, -0.05) is 36.4 Å². The average molecular weight is 470 g/mol. The third-order valence-corrected chi connectivity index (χ3v) is 6.68. The smallest absolute Gasteiger partial charge is 0.330 e. The summed E-state index contributed by atoms with van der Waals surface area (Å²) >= 11 is 0. The van der Waals surface area contributed by atoms with Crippen molar-refractivity contribution in [3.63, 3.8) is 0 Å². The molecule has 0 saturated heterocycles. The molecule has 2 aromatic heterocycles. The number of para-hydroxylation sites is 2. The standard InChI is InChI=1S/C28H27N3O4/c1-18-7-6-10-24-27(18)20(16-29(24)2)17-30-22-8-4-5-9-23(22)31(28(30)34)25(15-26(32)33)19-11-13-21(35-3)14-12-19/h4-14,16,25H,15,17H2,1-3H3,(H,32,33). The van der Waals surface area contributed by atoms with Crippen LogP contribution in [0.3, 0.4) is 0 Å². The van der Waals surface area contributed by atoms with E-state index in [4.69, 9.17) is 4.74 Å². The molecule has 0 spiro atoms. The molecule has 7 nitrogen and oxygen atoms in total. The normalized spacial score (nSPS) is 12.3. The van der Waals surface area contributed by atoms with E-state index in [-0.39, 0.29) is 12.1 Å². The van der Waals surface area contributed by atoms with Crippen molar-refractivity contribution < 1.29 is 14.6 Å². The van der Waals surface area contributed by atoms with Crippen molar-refractivity contribution in [2.45, 2.75) is 25.9 Å². The van der Waals surface area contributed by atoms with Crippen molar-refractivity contribution in [1.82, 2.24) is 13.7 Å². The van der Waals surface area contributed by atoms with E-state index in [1.165, 1.54) is 0 Å². The highest BCUT2D eigenvalue weighted by atomic mass is 16.5. The summed E-state index contributed by atoms with van der Waals surface area (Å²) in [7, 11) is 3.58. The number of hydrogen-bond acceptors (Lipinski definition) is 3. The number of hydrogen-bond donors (Lipinski definition) is 1. The number of aromatic nitrogens is 3. The van der Waals surface area contributed by atoms with Crippen LogP contribution in [-0.2, 0) is 18.4 Å². The number of nitrogens with zero attached hydrogens (tertiary/aromatic N) is 3. The Bertz CT molecular complexity index is 1610. The zero-order valence-corrected chi connectivity index (χ0v) is 19.9. The number of methoxy groups -OCH3 is 1. The van der Waals surface area contributed by atoms with Gasteiger partial charge in [-0.25, -0.2) is 4.79 Å². The van der Waals surface area contributed by atoms with Gasteiger partial charge in [0.05, 0.1) is 37.2 Å². The lowest BCUT2D eigenvalue weighted by Crippen LogP contribution is -2.29. The lowest BCUT2D eigenvalue weighted by atomic mass is 10.0. The minimum atomic E-state index is -0.973. The number of ether oxygens (including phenoxy) is 1. The molecule has 5 rings (SSSR count). The summed E-state index contributed by atoms with van der Waals surface area (Å²) in [6.07, 6.45) is 1.85. The summed E-state index contributed by atoms with van der Waals surface area (Å²) in [5.74, 6) is -0.303. The Morgan fingerprint density at radius 1 is 0.971 bits per heavy atom. The first-order valence-corrected chi connectivity index (χ1v) is 11.5. The van der Waals surface area contributed by atoms with Crippen molar-refractivity contribution >= 4 is 27.9 Å². The molecule has 178 valence electrons. The van der Waals surface area contributed by atoms with Gasteiger partial charge in [0.1, 0.15) is 5.75 Å². The number of rotatable bonds is 7. The van der Waals surface area contributed by atoms with Crippen LogP contribution in [0.15, 0.2) is 77.7 Å². The molecule has 0 aliphatic rings. The molecule has 0 bridgehead atoms. The van der Waals surface area contributed by atoms with Crippen LogP contribution in [0.4, 0.5) is 0 Å². The molecular formula is C28H27N3O4. The summed E-state index contributed by atoms with van der Waals surface area (Å²) < 4.78 is 10.7. The molecule has 1 N–H and O–H groups in total. The van der Waals surface area contributed by atoms with E-state index in [0.29, 0.717) is 17.8 Å². The number of carbonyl (C=O) groups is 1. The fourth-order valence-electron chi connectivity index (χ4n) is 5.06. The zero-order valence-electron chi connectivity index (χ0n) is 19.9. The SMILES string of the molecule is COc1ccc(C(CC(=O)O)n2c(=O)n(Cc3cn(C)c4cccc(C)c34)c3ccccc32)cc1. The minimum Gasteiger partial charge on any atom is -0.497 e. The maximum absolute atomic E-state index is 13.9. The van der Waals surface area contributed by atoms with Crippen LogP contribution in [0.1, 0.15) is 29.2 Å². The van der Waals surface area contributed by atoms with E-state index in [9.17, 15) is 14.7 Å². The maximum atomic E-state index is 13.9. The van der Waals surface area contributed by atoms with Crippen molar-refractivity contribution in [3.8, 4) is 5.75 Å². The minimum absolute atomic E-state index is 0.215. The van der Waals surface area contributed by atoms with E-state index in [1.54, 1.807) is 28.4 Å². The molecule has 0 fully saturated rings. The number of aliphatic carboxylic acids is 1. The van der Waals surface area contributed by atoms with E-state index < -0.39 is 12.0 Å². The molecule has 35 heavy (non-hydrogen) atoms. The number of carboxylic acid groups (broad SMARTS) is 1. The van der Waals surface area contributed by atoms with Crippen LogP contribution in [-0.4, -0.2) is 31.9 Å². The highest BCUT2D eigenvalue weighted by Crippen LogP contribution is 2.29. The summed E-state index contributed by atoms with van der Waals surface area (Å²) in [6.45, 7) is 2.46. The summed E-state index contributed by atoms with van der Waals surface area (Å²) in [5.41, 5.74) is 5.28. The molecule has 2 heterocycles. The number of fused-ring (bicyclic) bond motifs is 2. The number of benzene rings is 3. The first-order valence-electron chi connectivity index (χ1n) is 11.5. The lowest BCUT2D eigenvalue weighted by molar-refractivity contribution is -0.137. The molecule has 5 aromatic rings. The predicted octanol–water partition coefficient (Wildman–Crippen LogP) is 4.72. The quantitative estimate of drug-likeness (QED) is 0.374. The van der Waals surface area contributed by atoms with Crippen LogP contribution in [0.5, 0.6) is 5.75 Å². The fourth-order valence-corrected chi connectivity index (χ4v) is 5.06. The van der Waals surface area contributed by atoms with Crippen LogP contribution in [0.2, 0.25) is 0 Å². The van der Waals surface area contributed by atoms with Gasteiger partial charge in [-0.05, 0) is 53.9 Å². The van der Waals surface area contributed by atoms with Gasteiger partial charge < -0.3 is 14.4 Å². The molecule has 0 aliphatic heterocycles.